The summed E-state index contributed by atoms with van der Waals surface area (Å²) >= 11 is 1.62. The van der Waals surface area contributed by atoms with Crippen LogP contribution in [0, 0.1) is 5.92 Å². The standard InChI is InChI=1S/C15H21N3OS/c1-2-10-5-7-11(8-6-10)14-17-15(19-18-14)13(16)12-4-3-9-20-12/h3-4,9-11,13H,2,5-8,16H2,1H3. The molecule has 0 amide bonds. The number of rotatable bonds is 4. The van der Waals surface area contributed by atoms with Crippen molar-refractivity contribution in [1.82, 2.24) is 10.1 Å². The van der Waals surface area contributed by atoms with Crippen LogP contribution in [0.4, 0.5) is 0 Å². The highest BCUT2D eigenvalue weighted by molar-refractivity contribution is 7.10. The largest absolute Gasteiger partial charge is 0.337 e. The zero-order valence-corrected chi connectivity index (χ0v) is 12.6. The van der Waals surface area contributed by atoms with Gasteiger partial charge in [0.05, 0.1) is 0 Å². The van der Waals surface area contributed by atoms with Crippen molar-refractivity contribution in [3.8, 4) is 0 Å². The Morgan fingerprint density at radius 1 is 1.40 bits per heavy atom. The predicted molar refractivity (Wildman–Crippen MR) is 79.6 cm³/mol. The number of hydrogen-bond donors (Lipinski definition) is 1. The molecule has 1 saturated carbocycles. The van der Waals surface area contributed by atoms with Gasteiger partial charge in [0.2, 0.25) is 5.89 Å². The molecule has 108 valence electrons. The molecule has 1 aliphatic carbocycles. The topological polar surface area (TPSA) is 64.9 Å². The zero-order valence-electron chi connectivity index (χ0n) is 11.8. The Bertz CT molecular complexity index is 529. The van der Waals surface area contributed by atoms with Crippen LogP contribution < -0.4 is 5.73 Å². The molecule has 2 aromatic rings. The molecule has 2 heterocycles. The Kier molecular flexibility index (Phi) is 4.17. The van der Waals surface area contributed by atoms with Crippen LogP contribution in [-0.4, -0.2) is 10.1 Å². The van der Waals surface area contributed by atoms with E-state index in [1.807, 2.05) is 17.5 Å². The lowest BCUT2D eigenvalue weighted by molar-refractivity contribution is 0.302. The Morgan fingerprint density at radius 3 is 2.85 bits per heavy atom. The molecule has 5 heteroatoms. The summed E-state index contributed by atoms with van der Waals surface area (Å²) in [7, 11) is 0. The third kappa shape index (κ3) is 2.79. The van der Waals surface area contributed by atoms with Gasteiger partial charge < -0.3 is 10.3 Å². The highest BCUT2D eigenvalue weighted by Crippen LogP contribution is 2.36. The number of thiophene rings is 1. The van der Waals surface area contributed by atoms with Gasteiger partial charge in [-0.05, 0) is 43.0 Å². The molecule has 1 fully saturated rings. The molecule has 0 aliphatic heterocycles. The second kappa shape index (κ2) is 6.06. The van der Waals surface area contributed by atoms with Gasteiger partial charge in [-0.1, -0.05) is 24.6 Å². The normalized spacial score (nSPS) is 24.7. The Balaban J connectivity index is 1.68. The van der Waals surface area contributed by atoms with Gasteiger partial charge in [0.1, 0.15) is 6.04 Å². The highest BCUT2D eigenvalue weighted by atomic mass is 32.1. The van der Waals surface area contributed by atoms with E-state index in [0.717, 1.165) is 16.6 Å². The van der Waals surface area contributed by atoms with E-state index in [9.17, 15) is 0 Å². The molecule has 1 atom stereocenters. The highest BCUT2D eigenvalue weighted by Gasteiger charge is 2.26. The first-order valence-electron chi connectivity index (χ1n) is 7.40. The van der Waals surface area contributed by atoms with E-state index in [2.05, 4.69) is 17.1 Å². The lowest BCUT2D eigenvalue weighted by atomic mass is 9.80. The van der Waals surface area contributed by atoms with Crippen LogP contribution in [0.5, 0.6) is 0 Å². The van der Waals surface area contributed by atoms with Crippen LogP contribution in [0.25, 0.3) is 0 Å². The van der Waals surface area contributed by atoms with Crippen LogP contribution in [-0.2, 0) is 0 Å². The Morgan fingerprint density at radius 2 is 2.20 bits per heavy atom. The maximum atomic E-state index is 6.16. The van der Waals surface area contributed by atoms with Crippen LogP contribution >= 0.6 is 11.3 Å². The maximum Gasteiger partial charge on any atom is 0.248 e. The number of nitrogens with zero attached hydrogens (tertiary/aromatic N) is 2. The van der Waals surface area contributed by atoms with Crippen LogP contribution in [0.1, 0.15) is 67.6 Å². The molecule has 0 radical (unpaired) electrons. The van der Waals surface area contributed by atoms with Crippen LogP contribution in [0.2, 0.25) is 0 Å². The Labute approximate surface area is 123 Å². The van der Waals surface area contributed by atoms with Crippen molar-refractivity contribution >= 4 is 11.3 Å². The Hall–Kier alpha value is -1.20. The molecular weight excluding hydrogens is 270 g/mol. The van der Waals surface area contributed by atoms with Crippen molar-refractivity contribution < 1.29 is 4.52 Å². The second-order valence-electron chi connectivity index (χ2n) is 5.61. The van der Waals surface area contributed by atoms with Gasteiger partial charge in [0.15, 0.2) is 5.82 Å². The van der Waals surface area contributed by atoms with Crippen LogP contribution in [0.3, 0.4) is 0 Å². The lowest BCUT2D eigenvalue weighted by Crippen LogP contribution is -2.14. The summed E-state index contributed by atoms with van der Waals surface area (Å²) in [6, 6.07) is 3.71. The minimum absolute atomic E-state index is 0.289. The SMILES string of the molecule is CCC1CCC(c2noc(C(N)c3cccs3)n2)CC1. The van der Waals surface area contributed by atoms with E-state index >= 15 is 0 Å². The molecule has 0 saturated heterocycles. The lowest BCUT2D eigenvalue weighted by Gasteiger charge is -2.25. The summed E-state index contributed by atoms with van der Waals surface area (Å²) in [4.78, 5) is 5.61. The average Bonchev–Trinajstić information content (AvgIpc) is 3.18. The summed E-state index contributed by atoms with van der Waals surface area (Å²) in [6.07, 6.45) is 6.19. The molecule has 1 aliphatic rings. The summed E-state index contributed by atoms with van der Waals surface area (Å²) in [5, 5.41) is 6.17. The maximum absolute atomic E-state index is 6.16. The van der Waals surface area contributed by atoms with Crippen molar-refractivity contribution in [2.24, 2.45) is 11.7 Å². The van der Waals surface area contributed by atoms with Gasteiger partial charge >= 0.3 is 0 Å². The summed E-state index contributed by atoms with van der Waals surface area (Å²) < 4.78 is 5.38. The fourth-order valence-electron chi connectivity index (χ4n) is 2.96. The first kappa shape index (κ1) is 13.8. The molecule has 20 heavy (non-hydrogen) atoms. The van der Waals surface area contributed by atoms with E-state index in [0.29, 0.717) is 11.8 Å². The molecule has 3 rings (SSSR count). The van der Waals surface area contributed by atoms with Gasteiger partial charge in [-0.3, -0.25) is 0 Å². The van der Waals surface area contributed by atoms with Crippen molar-refractivity contribution in [3.63, 3.8) is 0 Å². The third-order valence-corrected chi connectivity index (χ3v) is 5.32. The molecule has 4 nitrogen and oxygen atoms in total. The molecule has 0 aromatic carbocycles. The molecule has 0 spiro atoms. The molecule has 2 aromatic heterocycles. The van der Waals surface area contributed by atoms with Gasteiger partial charge in [-0.25, -0.2) is 0 Å². The zero-order chi connectivity index (χ0) is 13.9. The first-order chi connectivity index (χ1) is 9.78. The molecule has 2 N–H and O–H groups in total. The third-order valence-electron chi connectivity index (χ3n) is 4.36. The smallest absolute Gasteiger partial charge is 0.248 e. The second-order valence-corrected chi connectivity index (χ2v) is 6.59. The van der Waals surface area contributed by atoms with Gasteiger partial charge in [0, 0.05) is 10.8 Å². The van der Waals surface area contributed by atoms with Gasteiger partial charge in [0.25, 0.3) is 0 Å². The summed E-state index contributed by atoms with van der Waals surface area (Å²) in [5.74, 6) is 2.72. The van der Waals surface area contributed by atoms with E-state index in [1.54, 1.807) is 11.3 Å². The average molecular weight is 291 g/mol. The van der Waals surface area contributed by atoms with Crippen molar-refractivity contribution in [2.75, 3.05) is 0 Å². The van der Waals surface area contributed by atoms with E-state index < -0.39 is 0 Å². The van der Waals surface area contributed by atoms with Crippen molar-refractivity contribution in [3.05, 3.63) is 34.1 Å². The van der Waals surface area contributed by atoms with Gasteiger partial charge in [-0.15, -0.1) is 11.3 Å². The monoisotopic (exact) mass is 291 g/mol. The van der Waals surface area contributed by atoms with Gasteiger partial charge in [-0.2, -0.15) is 4.98 Å². The summed E-state index contributed by atoms with van der Waals surface area (Å²) in [5.41, 5.74) is 6.16. The van der Waals surface area contributed by atoms with Crippen LogP contribution in [0.15, 0.2) is 22.0 Å². The number of hydrogen-bond acceptors (Lipinski definition) is 5. The first-order valence-corrected chi connectivity index (χ1v) is 8.28. The van der Waals surface area contributed by atoms with E-state index in [-0.39, 0.29) is 6.04 Å². The molecular formula is C15H21N3OS. The molecule has 0 bridgehead atoms. The van der Waals surface area contributed by atoms with E-state index in [4.69, 9.17) is 10.3 Å². The quantitative estimate of drug-likeness (QED) is 0.929. The van der Waals surface area contributed by atoms with Crippen molar-refractivity contribution in [2.45, 2.75) is 51.0 Å². The van der Waals surface area contributed by atoms with E-state index in [1.165, 1.54) is 32.1 Å². The number of aromatic nitrogens is 2. The fraction of sp³-hybridized carbons (Fsp3) is 0.600. The fourth-order valence-corrected chi connectivity index (χ4v) is 3.68. The predicted octanol–water partition coefficient (Wildman–Crippen LogP) is 3.86. The minimum atomic E-state index is -0.289. The molecule has 1 unspecified atom stereocenters. The minimum Gasteiger partial charge on any atom is -0.337 e. The van der Waals surface area contributed by atoms with Crippen molar-refractivity contribution in [1.29, 1.82) is 0 Å². The number of nitrogens with two attached hydrogens (primary N) is 1. The summed E-state index contributed by atoms with van der Waals surface area (Å²) in [6.45, 7) is 2.28.